The molecule has 134 valence electrons. The van der Waals surface area contributed by atoms with Gasteiger partial charge in [0.05, 0.1) is 0 Å². The first-order valence-corrected chi connectivity index (χ1v) is 8.94. The minimum atomic E-state index is -0.462. The normalized spacial score (nSPS) is 10.7. The number of anilines is 2. The number of fused-ring (bicyclic) bond motifs is 1. The summed E-state index contributed by atoms with van der Waals surface area (Å²) in [4.78, 5) is 24.8. The zero-order valence-electron chi connectivity index (χ0n) is 13.7. The molecule has 0 radical (unpaired) electrons. The SMILES string of the molecule is O=C(CCCCl)Nc1c(C(=O)Nc2ccc(Cl)cc2)oc2ccccc12. The highest BCUT2D eigenvalue weighted by atomic mass is 35.5. The third kappa shape index (κ3) is 4.18. The largest absolute Gasteiger partial charge is 0.449 e. The molecule has 1 aromatic heterocycles. The van der Waals surface area contributed by atoms with Crippen LogP contribution in [0.5, 0.6) is 0 Å². The van der Waals surface area contributed by atoms with Crippen molar-refractivity contribution in [2.24, 2.45) is 0 Å². The van der Waals surface area contributed by atoms with Crippen LogP contribution < -0.4 is 10.6 Å². The number of carbonyl (C=O) groups is 2. The van der Waals surface area contributed by atoms with Gasteiger partial charge in [-0.1, -0.05) is 23.7 Å². The fraction of sp³-hybridized carbons (Fsp3) is 0.158. The molecule has 2 aromatic carbocycles. The van der Waals surface area contributed by atoms with E-state index in [4.69, 9.17) is 27.6 Å². The number of carbonyl (C=O) groups excluding carboxylic acids is 2. The lowest BCUT2D eigenvalue weighted by Crippen LogP contribution is -2.17. The molecular formula is C19H16Cl2N2O3. The van der Waals surface area contributed by atoms with E-state index in [0.717, 1.165) is 0 Å². The predicted octanol–water partition coefficient (Wildman–Crippen LogP) is 5.30. The first kappa shape index (κ1) is 18.3. The molecule has 3 aromatic rings. The average Bonchev–Trinajstić information content (AvgIpc) is 3.00. The lowest BCUT2D eigenvalue weighted by atomic mass is 10.2. The summed E-state index contributed by atoms with van der Waals surface area (Å²) in [5.41, 5.74) is 1.44. The summed E-state index contributed by atoms with van der Waals surface area (Å²) in [5.74, 6) is -0.252. The second-order valence-corrected chi connectivity index (χ2v) is 6.42. The van der Waals surface area contributed by atoms with Gasteiger partial charge in [0.15, 0.2) is 0 Å². The van der Waals surface area contributed by atoms with Crippen molar-refractivity contribution in [3.8, 4) is 0 Å². The lowest BCUT2D eigenvalue weighted by molar-refractivity contribution is -0.116. The van der Waals surface area contributed by atoms with Gasteiger partial charge in [-0.2, -0.15) is 0 Å². The van der Waals surface area contributed by atoms with E-state index in [0.29, 0.717) is 39.7 Å². The lowest BCUT2D eigenvalue weighted by Gasteiger charge is -2.07. The van der Waals surface area contributed by atoms with Crippen molar-refractivity contribution < 1.29 is 14.0 Å². The molecule has 0 atom stereocenters. The fourth-order valence-corrected chi connectivity index (χ4v) is 2.74. The maximum atomic E-state index is 12.7. The summed E-state index contributed by atoms with van der Waals surface area (Å²) >= 11 is 11.5. The van der Waals surface area contributed by atoms with Gasteiger partial charge in [0.1, 0.15) is 11.3 Å². The Balaban J connectivity index is 1.90. The van der Waals surface area contributed by atoms with Gasteiger partial charge in [0.2, 0.25) is 11.7 Å². The van der Waals surface area contributed by atoms with E-state index in [1.807, 2.05) is 6.07 Å². The molecule has 2 amide bonds. The number of benzene rings is 2. The third-order valence-electron chi connectivity index (χ3n) is 3.71. The van der Waals surface area contributed by atoms with E-state index in [2.05, 4.69) is 10.6 Å². The van der Waals surface area contributed by atoms with Gasteiger partial charge in [-0.15, -0.1) is 11.6 Å². The van der Waals surface area contributed by atoms with Gasteiger partial charge >= 0.3 is 0 Å². The Morgan fingerprint density at radius 2 is 1.73 bits per heavy atom. The first-order chi connectivity index (χ1) is 12.6. The maximum Gasteiger partial charge on any atom is 0.293 e. The Morgan fingerprint density at radius 3 is 2.46 bits per heavy atom. The van der Waals surface area contributed by atoms with Crippen LogP contribution in [0.25, 0.3) is 11.0 Å². The smallest absolute Gasteiger partial charge is 0.293 e. The van der Waals surface area contributed by atoms with Crippen LogP contribution in [0.15, 0.2) is 52.9 Å². The highest BCUT2D eigenvalue weighted by Crippen LogP contribution is 2.31. The molecule has 0 saturated heterocycles. The van der Waals surface area contributed by atoms with Gasteiger partial charge in [-0.3, -0.25) is 9.59 Å². The molecule has 7 heteroatoms. The van der Waals surface area contributed by atoms with Crippen LogP contribution in [-0.2, 0) is 4.79 Å². The Labute approximate surface area is 160 Å². The summed E-state index contributed by atoms with van der Waals surface area (Å²) in [6, 6.07) is 13.8. The standard InChI is InChI=1S/C19H16Cl2N2O3/c20-11-3-6-16(24)23-17-14-4-1-2-5-15(14)26-18(17)19(25)22-13-9-7-12(21)8-10-13/h1-2,4-5,7-10H,3,6,11H2,(H,22,25)(H,23,24). The Kier molecular flexibility index (Phi) is 5.81. The van der Waals surface area contributed by atoms with E-state index >= 15 is 0 Å². The molecule has 0 saturated carbocycles. The molecule has 0 aliphatic rings. The molecule has 26 heavy (non-hydrogen) atoms. The van der Waals surface area contributed by atoms with Crippen molar-refractivity contribution in [3.05, 3.63) is 59.3 Å². The van der Waals surface area contributed by atoms with Crippen LogP contribution in [0.2, 0.25) is 5.02 Å². The van der Waals surface area contributed by atoms with Gasteiger partial charge in [-0.25, -0.2) is 0 Å². The van der Waals surface area contributed by atoms with E-state index < -0.39 is 5.91 Å². The average molecular weight is 391 g/mol. The van der Waals surface area contributed by atoms with Crippen LogP contribution in [0.1, 0.15) is 23.4 Å². The summed E-state index contributed by atoms with van der Waals surface area (Å²) in [6.45, 7) is 0. The highest BCUT2D eigenvalue weighted by molar-refractivity contribution is 6.30. The molecule has 0 fully saturated rings. The number of para-hydroxylation sites is 1. The number of nitrogens with one attached hydrogen (secondary N) is 2. The molecule has 5 nitrogen and oxygen atoms in total. The molecule has 1 heterocycles. The molecular weight excluding hydrogens is 375 g/mol. The number of amides is 2. The first-order valence-electron chi connectivity index (χ1n) is 8.03. The second kappa shape index (κ2) is 8.25. The molecule has 0 aliphatic heterocycles. The van der Waals surface area contributed by atoms with Crippen LogP contribution in [-0.4, -0.2) is 17.7 Å². The minimum absolute atomic E-state index is 0.0420. The van der Waals surface area contributed by atoms with E-state index in [9.17, 15) is 9.59 Å². The topological polar surface area (TPSA) is 71.3 Å². The van der Waals surface area contributed by atoms with Crippen LogP contribution in [0, 0.1) is 0 Å². The quantitative estimate of drug-likeness (QED) is 0.561. The number of rotatable bonds is 6. The molecule has 3 rings (SSSR count). The van der Waals surface area contributed by atoms with Gasteiger partial charge in [0.25, 0.3) is 5.91 Å². The van der Waals surface area contributed by atoms with Crippen molar-refractivity contribution in [2.75, 3.05) is 16.5 Å². The van der Waals surface area contributed by atoms with Crippen molar-refractivity contribution in [1.82, 2.24) is 0 Å². The maximum absolute atomic E-state index is 12.7. The zero-order chi connectivity index (χ0) is 18.5. The number of hydrogen-bond acceptors (Lipinski definition) is 3. The summed E-state index contributed by atoms with van der Waals surface area (Å²) in [6.07, 6.45) is 0.816. The number of halogens is 2. The van der Waals surface area contributed by atoms with Crippen molar-refractivity contribution in [2.45, 2.75) is 12.8 Å². The van der Waals surface area contributed by atoms with E-state index in [1.54, 1.807) is 42.5 Å². The van der Waals surface area contributed by atoms with Crippen molar-refractivity contribution >= 4 is 57.4 Å². The molecule has 0 unspecified atom stereocenters. The van der Waals surface area contributed by atoms with Crippen molar-refractivity contribution in [3.63, 3.8) is 0 Å². The molecule has 0 aliphatic carbocycles. The third-order valence-corrected chi connectivity index (χ3v) is 4.22. The number of alkyl halides is 1. The van der Waals surface area contributed by atoms with Crippen LogP contribution in [0.4, 0.5) is 11.4 Å². The zero-order valence-corrected chi connectivity index (χ0v) is 15.2. The van der Waals surface area contributed by atoms with Gasteiger partial charge < -0.3 is 15.1 Å². The summed E-state index contributed by atoms with van der Waals surface area (Å²) in [7, 11) is 0. The van der Waals surface area contributed by atoms with E-state index in [1.165, 1.54) is 0 Å². The van der Waals surface area contributed by atoms with Gasteiger partial charge in [0, 0.05) is 28.4 Å². The fourth-order valence-electron chi connectivity index (χ4n) is 2.48. The molecule has 0 bridgehead atoms. The Bertz CT molecular complexity index is 936. The summed E-state index contributed by atoms with van der Waals surface area (Å²) < 4.78 is 5.68. The van der Waals surface area contributed by atoms with Gasteiger partial charge in [-0.05, 0) is 42.8 Å². The second-order valence-electron chi connectivity index (χ2n) is 5.60. The number of furan rings is 1. The Morgan fingerprint density at radius 1 is 1.00 bits per heavy atom. The van der Waals surface area contributed by atoms with E-state index in [-0.39, 0.29) is 18.1 Å². The monoisotopic (exact) mass is 390 g/mol. The Hall–Kier alpha value is -2.50. The summed E-state index contributed by atoms with van der Waals surface area (Å²) in [5, 5.41) is 6.74. The van der Waals surface area contributed by atoms with Crippen LogP contribution in [0.3, 0.4) is 0 Å². The molecule has 0 spiro atoms. The van der Waals surface area contributed by atoms with Crippen LogP contribution >= 0.6 is 23.2 Å². The highest BCUT2D eigenvalue weighted by Gasteiger charge is 2.22. The van der Waals surface area contributed by atoms with Crippen molar-refractivity contribution in [1.29, 1.82) is 0 Å². The minimum Gasteiger partial charge on any atom is -0.449 e. The predicted molar refractivity (Wildman–Crippen MR) is 104 cm³/mol. The number of hydrogen-bond donors (Lipinski definition) is 2. The molecule has 2 N–H and O–H groups in total.